The van der Waals surface area contributed by atoms with Crippen LogP contribution in [0.5, 0.6) is 0 Å². The number of benzene rings is 2. The van der Waals surface area contributed by atoms with E-state index < -0.39 is 0 Å². The predicted octanol–water partition coefficient (Wildman–Crippen LogP) is -0.153. The van der Waals surface area contributed by atoms with Crippen molar-refractivity contribution in [1.82, 2.24) is 5.32 Å². The van der Waals surface area contributed by atoms with Crippen LogP contribution in [-0.4, -0.2) is 38.6 Å². The average Bonchev–Trinajstić information content (AvgIpc) is 2.65. The quantitative estimate of drug-likeness (QED) is 0.673. The molecule has 1 heterocycles. The Morgan fingerprint density at radius 1 is 0.920 bits per heavy atom. The normalized spacial score (nSPS) is 21.5. The molecule has 0 radical (unpaired) electrons. The van der Waals surface area contributed by atoms with Gasteiger partial charge in [0.05, 0.1) is 6.04 Å². The first-order valence-corrected chi connectivity index (χ1v) is 9.26. The van der Waals surface area contributed by atoms with Crippen LogP contribution >= 0.6 is 0 Å². The van der Waals surface area contributed by atoms with Crippen LogP contribution in [-0.2, 0) is 11.3 Å². The largest absolute Gasteiger partial charge is 0.345 e. The third-order valence-corrected chi connectivity index (χ3v) is 5.05. The van der Waals surface area contributed by atoms with Crippen LogP contribution in [0.2, 0.25) is 0 Å². The molecule has 1 saturated heterocycles. The highest BCUT2D eigenvalue weighted by Gasteiger charge is 2.25. The van der Waals surface area contributed by atoms with Gasteiger partial charge < -0.3 is 15.1 Å². The minimum absolute atomic E-state index is 0.0677. The topological polar surface area (TPSA) is 38.0 Å². The minimum Gasteiger partial charge on any atom is -0.345 e. The molecule has 1 aliphatic rings. The van der Waals surface area contributed by atoms with Crippen molar-refractivity contribution in [2.24, 2.45) is 0 Å². The fourth-order valence-corrected chi connectivity index (χ4v) is 3.54. The number of hydrogen-bond acceptors (Lipinski definition) is 1. The molecule has 4 nitrogen and oxygen atoms in total. The lowest BCUT2D eigenvalue weighted by atomic mass is 10.1. The lowest BCUT2D eigenvalue weighted by Crippen LogP contribution is -3.28. The summed E-state index contributed by atoms with van der Waals surface area (Å²) in [5, 5.41) is 3.13. The highest BCUT2D eigenvalue weighted by Crippen LogP contribution is 2.10. The molecule has 3 N–H and O–H groups in total. The molecule has 0 aromatic heterocycles. The number of nitrogens with one attached hydrogen (secondary N) is 3. The van der Waals surface area contributed by atoms with Crippen LogP contribution in [0.1, 0.15) is 24.1 Å². The standard InChI is InChI=1S/C21H27N3O/c1-18(20-10-6-3-7-11-20)22-21(25)17-24-14-12-23(13-15-24)16-19-8-4-2-5-9-19/h2-11,18H,12-17H2,1H3,(H,22,25)/p+2/t18-/m0/s1. The number of amides is 1. The molecule has 1 atom stereocenters. The zero-order chi connectivity index (χ0) is 17.5. The fraction of sp³-hybridized carbons (Fsp3) is 0.381. The Balaban J connectivity index is 1.40. The van der Waals surface area contributed by atoms with Gasteiger partial charge in [-0.3, -0.25) is 4.79 Å². The Bertz CT molecular complexity index is 651. The van der Waals surface area contributed by atoms with E-state index in [9.17, 15) is 4.79 Å². The molecule has 3 rings (SSSR count). The molecule has 4 heteroatoms. The van der Waals surface area contributed by atoms with Crippen molar-refractivity contribution in [2.75, 3.05) is 32.7 Å². The van der Waals surface area contributed by atoms with Gasteiger partial charge in [-0.15, -0.1) is 0 Å². The lowest BCUT2D eigenvalue weighted by molar-refractivity contribution is -1.02. The SMILES string of the molecule is C[C@H](NC(=O)C[NH+]1CC[NH+](Cc2ccccc2)CC1)c1ccccc1. The van der Waals surface area contributed by atoms with Crippen molar-refractivity contribution < 1.29 is 14.6 Å². The first kappa shape index (κ1) is 17.6. The Morgan fingerprint density at radius 2 is 1.48 bits per heavy atom. The Morgan fingerprint density at radius 3 is 2.12 bits per heavy atom. The van der Waals surface area contributed by atoms with Gasteiger partial charge in [-0.05, 0) is 12.5 Å². The van der Waals surface area contributed by atoms with Crippen molar-refractivity contribution in [1.29, 1.82) is 0 Å². The van der Waals surface area contributed by atoms with E-state index in [4.69, 9.17) is 0 Å². The van der Waals surface area contributed by atoms with Crippen LogP contribution in [0.25, 0.3) is 0 Å². The molecule has 0 spiro atoms. The fourth-order valence-electron chi connectivity index (χ4n) is 3.54. The maximum Gasteiger partial charge on any atom is 0.275 e. The third-order valence-electron chi connectivity index (χ3n) is 5.05. The summed E-state index contributed by atoms with van der Waals surface area (Å²) in [4.78, 5) is 15.3. The van der Waals surface area contributed by atoms with E-state index in [1.54, 1.807) is 4.90 Å². The maximum atomic E-state index is 12.3. The first-order chi connectivity index (χ1) is 12.2. The number of quaternary nitrogens is 2. The number of piperazine rings is 1. The van der Waals surface area contributed by atoms with Crippen molar-refractivity contribution in [3.63, 3.8) is 0 Å². The molecule has 25 heavy (non-hydrogen) atoms. The lowest BCUT2D eigenvalue weighted by Gasteiger charge is -2.29. The van der Waals surface area contributed by atoms with Gasteiger partial charge in [0, 0.05) is 5.56 Å². The molecule has 0 bridgehead atoms. The first-order valence-electron chi connectivity index (χ1n) is 9.26. The van der Waals surface area contributed by atoms with Crippen LogP contribution < -0.4 is 15.1 Å². The summed E-state index contributed by atoms with van der Waals surface area (Å²) in [6.07, 6.45) is 0. The van der Waals surface area contributed by atoms with E-state index in [1.165, 1.54) is 10.5 Å². The molecule has 1 fully saturated rings. The van der Waals surface area contributed by atoms with Crippen LogP contribution in [0.3, 0.4) is 0 Å². The van der Waals surface area contributed by atoms with Gasteiger partial charge in [0.1, 0.15) is 32.7 Å². The molecule has 0 unspecified atom stereocenters. The van der Waals surface area contributed by atoms with Crippen LogP contribution in [0.4, 0.5) is 0 Å². The van der Waals surface area contributed by atoms with Crippen LogP contribution in [0.15, 0.2) is 60.7 Å². The van der Waals surface area contributed by atoms with E-state index in [0.29, 0.717) is 6.54 Å². The van der Waals surface area contributed by atoms with Gasteiger partial charge >= 0.3 is 0 Å². The molecule has 0 aliphatic carbocycles. The predicted molar refractivity (Wildman–Crippen MR) is 99.4 cm³/mol. The van der Waals surface area contributed by atoms with E-state index in [-0.39, 0.29) is 11.9 Å². The van der Waals surface area contributed by atoms with Gasteiger partial charge in [-0.2, -0.15) is 0 Å². The van der Waals surface area contributed by atoms with Crippen molar-refractivity contribution in [3.8, 4) is 0 Å². The Labute approximate surface area is 150 Å². The summed E-state index contributed by atoms with van der Waals surface area (Å²) in [6, 6.07) is 20.9. The molecular weight excluding hydrogens is 310 g/mol. The summed E-state index contributed by atoms with van der Waals surface area (Å²) >= 11 is 0. The third kappa shape index (κ3) is 5.41. The van der Waals surface area contributed by atoms with Gasteiger partial charge in [-0.25, -0.2) is 0 Å². The van der Waals surface area contributed by atoms with Gasteiger partial charge in [0.2, 0.25) is 0 Å². The van der Waals surface area contributed by atoms with Gasteiger partial charge in [0.15, 0.2) is 6.54 Å². The summed E-state index contributed by atoms with van der Waals surface area (Å²) in [5.74, 6) is 0.151. The molecular formula is C21H29N3O+2. The second kappa shape index (κ2) is 8.79. The number of carbonyl (C=O) groups is 1. The van der Waals surface area contributed by atoms with Crippen molar-refractivity contribution in [2.45, 2.75) is 19.5 Å². The van der Waals surface area contributed by atoms with E-state index in [1.807, 2.05) is 25.1 Å². The van der Waals surface area contributed by atoms with E-state index >= 15 is 0 Å². The average molecular weight is 339 g/mol. The minimum atomic E-state index is 0.0677. The molecule has 1 amide bonds. The molecule has 0 saturated carbocycles. The number of hydrogen-bond donors (Lipinski definition) is 3. The van der Waals surface area contributed by atoms with Crippen LogP contribution in [0, 0.1) is 0 Å². The van der Waals surface area contributed by atoms with Crippen molar-refractivity contribution in [3.05, 3.63) is 71.8 Å². The van der Waals surface area contributed by atoms with Gasteiger partial charge in [-0.1, -0.05) is 60.7 Å². The maximum absolute atomic E-state index is 12.3. The number of carbonyl (C=O) groups excluding carboxylic acids is 1. The van der Waals surface area contributed by atoms with E-state index in [0.717, 1.165) is 38.3 Å². The second-order valence-corrected chi connectivity index (χ2v) is 7.04. The smallest absolute Gasteiger partial charge is 0.275 e. The van der Waals surface area contributed by atoms with Gasteiger partial charge in [0.25, 0.3) is 5.91 Å². The summed E-state index contributed by atoms with van der Waals surface area (Å²) in [7, 11) is 0. The Kier molecular flexibility index (Phi) is 6.20. The molecule has 2 aromatic rings. The van der Waals surface area contributed by atoms with Crippen molar-refractivity contribution >= 4 is 5.91 Å². The number of rotatable bonds is 6. The second-order valence-electron chi connectivity index (χ2n) is 7.04. The highest BCUT2D eigenvalue weighted by atomic mass is 16.2. The zero-order valence-corrected chi connectivity index (χ0v) is 15.0. The molecule has 1 aliphatic heterocycles. The molecule has 132 valence electrons. The zero-order valence-electron chi connectivity index (χ0n) is 15.0. The highest BCUT2D eigenvalue weighted by molar-refractivity contribution is 5.77. The molecule has 2 aromatic carbocycles. The Hall–Kier alpha value is -2.17. The summed E-state index contributed by atoms with van der Waals surface area (Å²) < 4.78 is 0. The van der Waals surface area contributed by atoms with E-state index in [2.05, 4.69) is 47.8 Å². The summed E-state index contributed by atoms with van der Waals surface area (Å²) in [6.45, 7) is 8.10. The monoisotopic (exact) mass is 339 g/mol. The summed E-state index contributed by atoms with van der Waals surface area (Å²) in [5.41, 5.74) is 2.55.